The molecule has 0 unspecified atom stereocenters. The number of benzene rings is 2. The van der Waals surface area contributed by atoms with Crippen LogP contribution in [0, 0.1) is 12.7 Å². The van der Waals surface area contributed by atoms with Crippen molar-refractivity contribution in [3.63, 3.8) is 0 Å². The summed E-state index contributed by atoms with van der Waals surface area (Å²) >= 11 is 0. The predicted octanol–water partition coefficient (Wildman–Crippen LogP) is 1.78. The number of methoxy groups -OCH3 is 1. The van der Waals surface area contributed by atoms with Crippen LogP contribution in [0.2, 0.25) is 0 Å². The van der Waals surface area contributed by atoms with Gasteiger partial charge in [-0.25, -0.2) is 12.8 Å². The fourth-order valence-electron chi connectivity index (χ4n) is 2.53. The average molecular weight is 419 g/mol. The number of halogens is 1. The first kappa shape index (κ1) is 20.6. The third-order valence-electron chi connectivity index (χ3n) is 4.09. The molecule has 29 heavy (non-hydrogen) atoms. The summed E-state index contributed by atoms with van der Waals surface area (Å²) in [4.78, 5) is 12.6. The van der Waals surface area contributed by atoms with Gasteiger partial charge < -0.3 is 10.1 Å². The number of hydrogen-bond donors (Lipinski definition) is 1. The molecule has 0 aliphatic carbocycles. The van der Waals surface area contributed by atoms with Gasteiger partial charge in [0.1, 0.15) is 11.5 Å². The molecule has 0 bridgehead atoms. The minimum Gasteiger partial charge on any atom is -0.384 e. The normalized spacial score (nSPS) is 11.4. The van der Waals surface area contributed by atoms with E-state index in [2.05, 4.69) is 20.8 Å². The Bertz CT molecular complexity index is 1130. The van der Waals surface area contributed by atoms with E-state index >= 15 is 0 Å². The van der Waals surface area contributed by atoms with Gasteiger partial charge in [0.15, 0.2) is 15.7 Å². The van der Waals surface area contributed by atoms with Gasteiger partial charge in [-0.15, -0.1) is 5.10 Å². The molecular weight excluding hydrogens is 401 g/mol. The van der Waals surface area contributed by atoms with Gasteiger partial charge in [-0.1, -0.05) is 0 Å². The van der Waals surface area contributed by atoms with Crippen LogP contribution in [0.25, 0.3) is 5.69 Å². The summed E-state index contributed by atoms with van der Waals surface area (Å²) in [5.41, 5.74) is 0.670. The van der Waals surface area contributed by atoms with Crippen molar-refractivity contribution in [2.45, 2.75) is 11.8 Å². The number of aromatic nitrogens is 4. The Morgan fingerprint density at radius 2 is 1.93 bits per heavy atom. The lowest BCUT2D eigenvalue weighted by Gasteiger charge is -2.09. The lowest BCUT2D eigenvalue weighted by molar-refractivity contribution is 0.102. The summed E-state index contributed by atoms with van der Waals surface area (Å²) in [6.07, 6.45) is 0. The quantitative estimate of drug-likeness (QED) is 0.620. The molecule has 0 saturated carbocycles. The topological polar surface area (TPSA) is 116 Å². The first-order valence-electron chi connectivity index (χ1n) is 8.50. The molecule has 1 N–H and O–H groups in total. The molecule has 0 spiro atoms. The highest BCUT2D eigenvalue weighted by Crippen LogP contribution is 2.20. The van der Waals surface area contributed by atoms with Gasteiger partial charge in [-0.2, -0.15) is 4.68 Å². The Labute approximate surface area is 166 Å². The van der Waals surface area contributed by atoms with E-state index in [-0.39, 0.29) is 28.5 Å². The number of carbonyl (C=O) groups is 1. The van der Waals surface area contributed by atoms with E-state index in [1.54, 1.807) is 6.92 Å². The summed E-state index contributed by atoms with van der Waals surface area (Å²) in [5.74, 6) is -0.789. The van der Waals surface area contributed by atoms with E-state index < -0.39 is 21.6 Å². The van der Waals surface area contributed by atoms with Crippen molar-refractivity contribution < 1.29 is 22.3 Å². The van der Waals surface area contributed by atoms with Crippen molar-refractivity contribution in [1.82, 2.24) is 20.2 Å². The molecular formula is C18H18FN5O4S. The molecule has 0 radical (unpaired) electrons. The number of carbonyl (C=O) groups excluding carboxylic acids is 1. The van der Waals surface area contributed by atoms with E-state index in [1.165, 1.54) is 54.3 Å². The molecule has 2 aromatic carbocycles. The van der Waals surface area contributed by atoms with Crippen LogP contribution in [-0.4, -0.2) is 54.0 Å². The van der Waals surface area contributed by atoms with Crippen molar-refractivity contribution >= 4 is 21.4 Å². The highest BCUT2D eigenvalue weighted by Gasteiger charge is 2.16. The van der Waals surface area contributed by atoms with E-state index in [0.29, 0.717) is 11.5 Å². The van der Waals surface area contributed by atoms with Crippen LogP contribution in [0.5, 0.6) is 0 Å². The minimum absolute atomic E-state index is 0.0816. The molecule has 0 saturated heterocycles. The summed E-state index contributed by atoms with van der Waals surface area (Å²) in [5, 5.41) is 13.5. The maximum absolute atomic E-state index is 14.1. The highest BCUT2D eigenvalue weighted by atomic mass is 32.2. The van der Waals surface area contributed by atoms with Crippen LogP contribution >= 0.6 is 0 Å². The van der Waals surface area contributed by atoms with E-state index in [0.717, 1.165) is 0 Å². The summed E-state index contributed by atoms with van der Waals surface area (Å²) < 4.78 is 44.4. The van der Waals surface area contributed by atoms with Crippen LogP contribution in [0.3, 0.4) is 0 Å². The number of ether oxygens (including phenoxy) is 1. The Morgan fingerprint density at radius 3 is 2.55 bits per heavy atom. The number of amides is 1. The number of aryl methyl sites for hydroxylation is 1. The van der Waals surface area contributed by atoms with Gasteiger partial charge in [-0.05, 0) is 59.8 Å². The molecule has 0 aliphatic rings. The summed E-state index contributed by atoms with van der Waals surface area (Å²) in [7, 11) is -2.06. The SMILES string of the molecule is COCCS(=O)(=O)c1ccc(C(=O)Nc2ccc(F)c(-n3nnnc3C)c2)cc1. The summed E-state index contributed by atoms with van der Waals surface area (Å²) in [6.45, 7) is 1.70. The first-order chi connectivity index (χ1) is 13.8. The monoisotopic (exact) mass is 419 g/mol. The van der Waals surface area contributed by atoms with Crippen molar-refractivity contribution in [3.8, 4) is 5.69 Å². The second-order valence-corrected chi connectivity index (χ2v) is 8.20. The van der Waals surface area contributed by atoms with Crippen LogP contribution in [0.1, 0.15) is 16.2 Å². The number of nitrogens with zero attached hydrogens (tertiary/aromatic N) is 4. The lowest BCUT2D eigenvalue weighted by Crippen LogP contribution is -2.14. The third kappa shape index (κ3) is 4.63. The maximum Gasteiger partial charge on any atom is 0.255 e. The van der Waals surface area contributed by atoms with Crippen LogP contribution in [0.15, 0.2) is 47.4 Å². The Morgan fingerprint density at radius 1 is 1.21 bits per heavy atom. The Kier molecular flexibility index (Phi) is 5.99. The molecule has 0 fully saturated rings. The number of rotatable bonds is 7. The molecule has 152 valence electrons. The number of sulfone groups is 1. The average Bonchev–Trinajstić information content (AvgIpc) is 3.13. The Balaban J connectivity index is 1.78. The van der Waals surface area contributed by atoms with E-state index in [9.17, 15) is 17.6 Å². The van der Waals surface area contributed by atoms with Crippen molar-refractivity contribution in [2.75, 3.05) is 24.8 Å². The van der Waals surface area contributed by atoms with Gasteiger partial charge in [0, 0.05) is 18.4 Å². The molecule has 1 aromatic heterocycles. The maximum atomic E-state index is 14.1. The Hall–Kier alpha value is -3.18. The minimum atomic E-state index is -3.48. The number of nitrogens with one attached hydrogen (secondary N) is 1. The van der Waals surface area contributed by atoms with Crippen LogP contribution in [-0.2, 0) is 14.6 Å². The molecule has 3 aromatic rings. The predicted molar refractivity (Wildman–Crippen MR) is 102 cm³/mol. The molecule has 1 amide bonds. The smallest absolute Gasteiger partial charge is 0.255 e. The number of hydrogen-bond acceptors (Lipinski definition) is 7. The first-order valence-corrected chi connectivity index (χ1v) is 10.1. The van der Waals surface area contributed by atoms with Crippen LogP contribution < -0.4 is 5.32 Å². The zero-order chi connectivity index (χ0) is 21.0. The van der Waals surface area contributed by atoms with Gasteiger partial charge in [0.05, 0.1) is 17.3 Å². The molecule has 1 heterocycles. The number of tetrazole rings is 1. The van der Waals surface area contributed by atoms with Crippen molar-refractivity contribution in [1.29, 1.82) is 0 Å². The van der Waals surface area contributed by atoms with Crippen molar-refractivity contribution in [2.24, 2.45) is 0 Å². The van der Waals surface area contributed by atoms with Crippen LogP contribution in [0.4, 0.5) is 10.1 Å². The second kappa shape index (κ2) is 8.45. The molecule has 3 rings (SSSR count). The lowest BCUT2D eigenvalue weighted by atomic mass is 10.2. The van der Waals surface area contributed by atoms with E-state index in [1.807, 2.05) is 0 Å². The molecule has 0 aliphatic heterocycles. The van der Waals surface area contributed by atoms with Gasteiger partial charge in [-0.3, -0.25) is 4.79 Å². The largest absolute Gasteiger partial charge is 0.384 e. The summed E-state index contributed by atoms with van der Waals surface area (Å²) in [6, 6.07) is 9.54. The van der Waals surface area contributed by atoms with Gasteiger partial charge in [0.25, 0.3) is 5.91 Å². The third-order valence-corrected chi connectivity index (χ3v) is 5.78. The zero-order valence-electron chi connectivity index (χ0n) is 15.7. The molecule has 0 atom stereocenters. The van der Waals surface area contributed by atoms with Gasteiger partial charge in [0.2, 0.25) is 0 Å². The molecule has 9 nitrogen and oxygen atoms in total. The fraction of sp³-hybridized carbons (Fsp3) is 0.222. The standard InChI is InChI=1S/C18H18FN5O4S/c1-12-21-22-23-24(12)17-11-14(5-8-16(17)19)20-18(25)13-3-6-15(7-4-13)29(26,27)10-9-28-2/h3-8,11H,9-10H2,1-2H3,(H,20,25). The van der Waals surface area contributed by atoms with Gasteiger partial charge >= 0.3 is 0 Å². The second-order valence-electron chi connectivity index (χ2n) is 6.09. The number of anilines is 1. The fourth-order valence-corrected chi connectivity index (χ4v) is 3.71. The van der Waals surface area contributed by atoms with Crippen molar-refractivity contribution in [3.05, 3.63) is 59.7 Å². The molecule has 11 heteroatoms. The zero-order valence-corrected chi connectivity index (χ0v) is 16.5. The van der Waals surface area contributed by atoms with E-state index in [4.69, 9.17) is 4.74 Å². The highest BCUT2D eigenvalue weighted by molar-refractivity contribution is 7.91.